The van der Waals surface area contributed by atoms with Crippen molar-refractivity contribution in [1.82, 2.24) is 8.75 Å². The maximum absolute atomic E-state index is 6.24. The molecule has 1 aromatic heterocycles. The van der Waals surface area contributed by atoms with Crippen LogP contribution in [0, 0.1) is 11.8 Å². The highest BCUT2D eigenvalue weighted by Crippen LogP contribution is 2.47. The van der Waals surface area contributed by atoms with Crippen molar-refractivity contribution in [3.63, 3.8) is 0 Å². The summed E-state index contributed by atoms with van der Waals surface area (Å²) in [7, 11) is 0. The monoisotopic (exact) mass is 492 g/mol. The fourth-order valence-corrected chi connectivity index (χ4v) is 4.43. The van der Waals surface area contributed by atoms with Crippen molar-refractivity contribution in [2.75, 3.05) is 13.2 Å². The number of unbranched alkanes of at least 4 members (excludes halogenated alkanes) is 1. The van der Waals surface area contributed by atoms with Crippen LogP contribution in [0.15, 0.2) is 8.95 Å². The fourth-order valence-electron chi connectivity index (χ4n) is 2.50. The summed E-state index contributed by atoms with van der Waals surface area (Å²) in [5.74, 6) is 2.41. The molecule has 0 fully saturated rings. The van der Waals surface area contributed by atoms with E-state index in [-0.39, 0.29) is 0 Å². The minimum Gasteiger partial charge on any atom is -0.488 e. The number of nitrogens with zero attached hydrogens (tertiary/aromatic N) is 2. The van der Waals surface area contributed by atoms with Crippen LogP contribution in [0.3, 0.4) is 0 Å². The number of rotatable bonds is 10. The van der Waals surface area contributed by atoms with Crippen molar-refractivity contribution in [2.45, 2.75) is 53.4 Å². The maximum atomic E-state index is 6.24. The zero-order valence-electron chi connectivity index (χ0n) is 15.3. The number of halogens is 2. The molecule has 2 rings (SSSR count). The summed E-state index contributed by atoms with van der Waals surface area (Å²) < 4.78 is 22.7. The molecule has 0 radical (unpaired) electrons. The van der Waals surface area contributed by atoms with Gasteiger partial charge in [-0.3, -0.25) is 0 Å². The average Bonchev–Trinajstić information content (AvgIpc) is 3.08. The number of hydrogen-bond donors (Lipinski definition) is 0. The largest absolute Gasteiger partial charge is 0.488 e. The van der Waals surface area contributed by atoms with Gasteiger partial charge >= 0.3 is 0 Å². The Morgan fingerprint density at radius 3 is 2.00 bits per heavy atom. The summed E-state index contributed by atoms with van der Waals surface area (Å²) >= 11 is 8.49. The predicted molar refractivity (Wildman–Crippen MR) is 112 cm³/mol. The van der Waals surface area contributed by atoms with Crippen LogP contribution in [0.5, 0.6) is 11.5 Å². The average molecular weight is 494 g/mol. The van der Waals surface area contributed by atoms with Crippen LogP contribution >= 0.6 is 43.6 Å². The number of ether oxygens (including phenoxy) is 2. The van der Waals surface area contributed by atoms with Crippen LogP contribution in [-0.2, 0) is 0 Å². The van der Waals surface area contributed by atoms with Crippen LogP contribution in [0.4, 0.5) is 0 Å². The standard InChI is InChI=1S/C18H26Br2N2O2S/c1-5-7-8-12(6-2)10-24-18-14(20)16-15(21-25-22-16)13(19)17(18)23-9-11(3)4/h11-12H,5-10H2,1-4H3. The topological polar surface area (TPSA) is 44.2 Å². The second-order valence-corrected chi connectivity index (χ2v) is 8.79. The van der Waals surface area contributed by atoms with E-state index in [1.165, 1.54) is 31.0 Å². The van der Waals surface area contributed by atoms with E-state index in [0.717, 1.165) is 32.1 Å². The Kier molecular flexibility index (Phi) is 8.42. The first-order chi connectivity index (χ1) is 12.0. The third-order valence-electron chi connectivity index (χ3n) is 4.08. The molecule has 1 aromatic carbocycles. The normalized spacial score (nSPS) is 12.8. The predicted octanol–water partition coefficient (Wildman–Crippen LogP) is 6.85. The Labute approximate surface area is 171 Å². The molecule has 0 amide bonds. The van der Waals surface area contributed by atoms with Gasteiger partial charge in [-0.2, -0.15) is 8.75 Å². The third-order valence-corrected chi connectivity index (χ3v) is 6.08. The summed E-state index contributed by atoms with van der Waals surface area (Å²) in [6.07, 6.45) is 4.75. The molecule has 0 spiro atoms. The highest BCUT2D eigenvalue weighted by atomic mass is 79.9. The zero-order chi connectivity index (χ0) is 18.4. The van der Waals surface area contributed by atoms with Gasteiger partial charge in [0.15, 0.2) is 11.5 Å². The van der Waals surface area contributed by atoms with Crippen LogP contribution in [-0.4, -0.2) is 22.0 Å². The Bertz CT molecular complexity index is 691. The van der Waals surface area contributed by atoms with Gasteiger partial charge in [0.05, 0.1) is 33.9 Å². The van der Waals surface area contributed by atoms with Gasteiger partial charge in [0.25, 0.3) is 0 Å². The van der Waals surface area contributed by atoms with E-state index in [1.54, 1.807) is 0 Å². The smallest absolute Gasteiger partial charge is 0.178 e. The zero-order valence-corrected chi connectivity index (χ0v) is 19.3. The van der Waals surface area contributed by atoms with Crippen molar-refractivity contribution in [3.8, 4) is 11.5 Å². The Morgan fingerprint density at radius 1 is 0.960 bits per heavy atom. The first-order valence-electron chi connectivity index (χ1n) is 8.88. The van der Waals surface area contributed by atoms with Gasteiger partial charge in [0, 0.05) is 0 Å². The van der Waals surface area contributed by atoms with E-state index in [1.807, 2.05) is 0 Å². The van der Waals surface area contributed by atoms with Crippen molar-refractivity contribution < 1.29 is 9.47 Å². The molecule has 1 unspecified atom stereocenters. The summed E-state index contributed by atoms with van der Waals surface area (Å²) in [4.78, 5) is 0. The second-order valence-electron chi connectivity index (χ2n) is 6.68. The summed E-state index contributed by atoms with van der Waals surface area (Å²) in [6.45, 7) is 10.0. The molecule has 140 valence electrons. The molecule has 0 saturated heterocycles. The molecule has 1 heterocycles. The number of hydrogen-bond acceptors (Lipinski definition) is 5. The molecule has 2 aromatic rings. The lowest BCUT2D eigenvalue weighted by Gasteiger charge is -2.20. The lowest BCUT2D eigenvalue weighted by molar-refractivity contribution is 0.209. The van der Waals surface area contributed by atoms with Crippen molar-refractivity contribution in [2.24, 2.45) is 11.8 Å². The Hall–Kier alpha value is -0.400. The molecule has 4 nitrogen and oxygen atoms in total. The molecule has 7 heteroatoms. The highest BCUT2D eigenvalue weighted by molar-refractivity contribution is 9.11. The summed E-state index contributed by atoms with van der Waals surface area (Å²) in [6, 6.07) is 0. The van der Waals surface area contributed by atoms with Crippen molar-refractivity contribution in [3.05, 3.63) is 8.95 Å². The van der Waals surface area contributed by atoms with Gasteiger partial charge in [0.2, 0.25) is 0 Å². The van der Waals surface area contributed by atoms with Gasteiger partial charge in [-0.15, -0.1) is 0 Å². The van der Waals surface area contributed by atoms with Gasteiger partial charge < -0.3 is 9.47 Å². The first-order valence-corrected chi connectivity index (χ1v) is 11.2. The Balaban J connectivity index is 2.31. The van der Waals surface area contributed by atoms with E-state index in [4.69, 9.17) is 9.47 Å². The first kappa shape index (κ1) is 20.9. The molecule has 25 heavy (non-hydrogen) atoms. The molecule has 0 aliphatic rings. The fraction of sp³-hybridized carbons (Fsp3) is 0.667. The molecule has 0 N–H and O–H groups in total. The molecule has 1 atom stereocenters. The van der Waals surface area contributed by atoms with Crippen LogP contribution in [0.1, 0.15) is 53.4 Å². The van der Waals surface area contributed by atoms with E-state index in [0.29, 0.717) is 30.8 Å². The highest BCUT2D eigenvalue weighted by Gasteiger charge is 2.23. The van der Waals surface area contributed by atoms with Gasteiger partial charge in [-0.05, 0) is 50.1 Å². The van der Waals surface area contributed by atoms with E-state index < -0.39 is 0 Å². The van der Waals surface area contributed by atoms with Gasteiger partial charge in [-0.1, -0.05) is 47.0 Å². The summed E-state index contributed by atoms with van der Waals surface area (Å²) in [5.41, 5.74) is 1.62. The van der Waals surface area contributed by atoms with E-state index in [9.17, 15) is 0 Å². The van der Waals surface area contributed by atoms with Gasteiger partial charge in [0.1, 0.15) is 11.0 Å². The molecule has 0 bridgehead atoms. The SMILES string of the molecule is CCCCC(CC)COc1c(OCC(C)C)c(Br)c2nsnc2c1Br. The van der Waals surface area contributed by atoms with Crippen LogP contribution < -0.4 is 9.47 Å². The number of benzene rings is 1. The molecule has 0 aliphatic carbocycles. The molecule has 0 saturated carbocycles. The lowest BCUT2D eigenvalue weighted by atomic mass is 10.0. The quantitative estimate of drug-likeness (QED) is 0.363. The molecular weight excluding hydrogens is 468 g/mol. The summed E-state index contributed by atoms with van der Waals surface area (Å²) in [5, 5.41) is 0. The molecule has 0 aliphatic heterocycles. The second kappa shape index (κ2) is 10.1. The lowest BCUT2D eigenvalue weighted by Crippen LogP contribution is -2.13. The van der Waals surface area contributed by atoms with Crippen LogP contribution in [0.25, 0.3) is 11.0 Å². The van der Waals surface area contributed by atoms with E-state index in [2.05, 4.69) is 68.3 Å². The maximum Gasteiger partial charge on any atom is 0.178 e. The number of fused-ring (bicyclic) bond motifs is 1. The Morgan fingerprint density at radius 2 is 1.52 bits per heavy atom. The third kappa shape index (κ3) is 5.30. The van der Waals surface area contributed by atoms with E-state index >= 15 is 0 Å². The van der Waals surface area contributed by atoms with Gasteiger partial charge in [-0.25, -0.2) is 0 Å². The van der Waals surface area contributed by atoms with Crippen molar-refractivity contribution >= 4 is 54.6 Å². The van der Waals surface area contributed by atoms with Crippen molar-refractivity contribution in [1.29, 1.82) is 0 Å². The number of aromatic nitrogens is 2. The van der Waals surface area contributed by atoms with Crippen LogP contribution in [0.2, 0.25) is 0 Å². The minimum atomic E-state index is 0.427. The molecular formula is C18H26Br2N2O2S. The minimum absolute atomic E-state index is 0.427.